The van der Waals surface area contributed by atoms with Gasteiger partial charge in [-0.2, -0.15) is 215 Å². The molecule has 0 aliphatic rings. The maximum absolute atomic E-state index is 16.1. The number of hydrogen-bond acceptors (Lipinski definition) is 1. The minimum atomic E-state index is -9.34. The maximum atomic E-state index is 16.1. The van der Waals surface area contributed by atoms with Crippen LogP contribution in [0.4, 0.5) is 215 Å². The van der Waals surface area contributed by atoms with Crippen molar-refractivity contribution in [3.05, 3.63) is 132 Å². The van der Waals surface area contributed by atoms with E-state index in [-0.39, 0.29) is 22.7 Å². The molecule has 0 radical (unpaired) electrons. The molecule has 0 amide bonds. The highest BCUT2D eigenvalue weighted by Gasteiger charge is 2.98. The van der Waals surface area contributed by atoms with Crippen LogP contribution in [0, 0.1) is 0 Å². The monoisotopic (exact) mass is 1670 g/mol. The lowest BCUT2D eigenvalue weighted by molar-refractivity contribution is -0.462. The summed E-state index contributed by atoms with van der Waals surface area (Å²) in [4.78, 5) is 0. The van der Waals surface area contributed by atoms with Crippen molar-refractivity contribution in [1.82, 2.24) is 0 Å². The van der Waals surface area contributed by atoms with Gasteiger partial charge in [-0.1, -0.05) is 103 Å². The third kappa shape index (κ3) is 12.2. The smallest absolute Gasteiger partial charge is 0.460 e. The Morgan fingerprint density at radius 3 is 0.776 bits per heavy atom. The summed E-state index contributed by atoms with van der Waals surface area (Å²) in [7, 11) is -3.07. The van der Waals surface area contributed by atoms with Crippen molar-refractivity contribution in [1.29, 1.82) is 0 Å². The molecule has 0 aliphatic carbocycles. The molecule has 6 aromatic rings. The second-order valence-corrected chi connectivity index (χ2v) is 24.4. The van der Waals surface area contributed by atoms with E-state index in [2.05, 4.69) is 4.74 Å². The Morgan fingerprint density at radius 2 is 0.486 bits per heavy atom. The third-order valence-electron chi connectivity index (χ3n) is 15.5. The fourth-order valence-corrected chi connectivity index (χ4v) is 11.9. The van der Waals surface area contributed by atoms with E-state index >= 15 is 70.2 Å². The summed E-state index contributed by atoms with van der Waals surface area (Å²) in [6.45, 7) is -4.13. The molecular weight excluding hydrogens is 1650 g/mol. The van der Waals surface area contributed by atoms with Crippen molar-refractivity contribution >= 4 is 45.4 Å². The highest BCUT2D eigenvalue weighted by Crippen LogP contribution is 2.69. The predicted molar refractivity (Wildman–Crippen MR) is 266 cm³/mol. The van der Waals surface area contributed by atoms with E-state index in [0.717, 1.165) is 60.7 Å². The van der Waals surface area contributed by atoms with E-state index < -0.39 is 255 Å². The summed E-state index contributed by atoms with van der Waals surface area (Å²) in [6.07, 6.45) is -24.7. The van der Waals surface area contributed by atoms with E-state index in [4.69, 9.17) is 0 Å². The molecule has 0 heterocycles. The molecule has 0 N–H and O–H groups in total. The Kier molecular flexibility index (Phi) is 21.2. The third-order valence-corrected chi connectivity index (χ3v) is 18.0. The molecule has 0 saturated carbocycles. The van der Waals surface area contributed by atoms with Crippen molar-refractivity contribution in [3.8, 4) is 16.9 Å². The van der Waals surface area contributed by atoms with Gasteiger partial charge >= 0.3 is 137 Å². The number of alkyl halides is 49. The summed E-state index contributed by atoms with van der Waals surface area (Å²) < 4.78 is 712. The summed E-state index contributed by atoms with van der Waals surface area (Å²) in [5.41, 5.74) is -10.1. The van der Waals surface area contributed by atoms with E-state index in [0.29, 0.717) is 0 Å². The van der Waals surface area contributed by atoms with Gasteiger partial charge in [0.1, 0.15) is 5.75 Å². The lowest BCUT2D eigenvalue weighted by Gasteiger charge is -2.42. The summed E-state index contributed by atoms with van der Waals surface area (Å²) >= 11 is 0. The maximum Gasteiger partial charge on any atom is 0.460 e. The second kappa shape index (κ2) is 25.6. The Bertz CT molecular complexity index is 4200. The highest BCUT2D eigenvalue weighted by atomic mass is 31.1. The SMILES string of the molecule is FC(F)(F)C(F)(F)C(F)(F)C(F)(F)C(F)(F)C(F)(F)C(F)(F)COc1ccc2cc(C(F)(F)C(F)(F)C(F)(F)C(F)(F)C(F)(F)C(F)(F)C(F)(F)C(F)(F)F)ccc2c1-c1c(P(c2ccccc2)c2ccccc2)ccc2cc(C(F)(F)C(F)(F)C(F)(F)C(F)(F)C(F)(F)C(F)(F)C(F)(F)C(F)(F)F)ccc12. The lowest BCUT2D eigenvalue weighted by atomic mass is 9.85. The molecule has 1 nitrogen and oxygen atoms in total. The minimum absolute atomic E-state index is 0.0921. The standard InChI is InChI=1S/C56H22F49OP/c57-34(58,37(63,64)40(69,70)43(75,76)48(85,86)51(91,92)54(97,98)99)21-106-30-17-11-22-19-24(35(59,60)38(65,66)41(71,72)44(77,78)46(81,82)49(87,88)52(93,94)55(100,101)102)13-15-28(22)32(30)33-29-16-14-25(20-23(29)12-18-31(33)107(26-7-3-1-4-8-26)27-9-5-2-6-10-27)36(61,62)39(67,68)42(73,74)45(79,80)47(83,84)50(89,90)53(95,96)56(103,104)105/h1-20H,21H2. The van der Waals surface area contributed by atoms with Crippen LogP contribution < -0.4 is 20.7 Å². The van der Waals surface area contributed by atoms with Gasteiger partial charge in [0, 0.05) is 22.3 Å². The number of rotatable bonds is 26. The van der Waals surface area contributed by atoms with E-state index in [1.807, 2.05) is 0 Å². The molecule has 6 aromatic carbocycles. The first-order chi connectivity index (χ1) is 47.2. The van der Waals surface area contributed by atoms with Gasteiger partial charge in [0.25, 0.3) is 0 Å². The van der Waals surface area contributed by atoms with Crippen LogP contribution in [0.5, 0.6) is 5.75 Å². The predicted octanol–water partition coefficient (Wildman–Crippen LogP) is 23.1. The Hall–Kier alpha value is -7.36. The number of halogens is 49. The fourth-order valence-electron chi connectivity index (χ4n) is 9.38. The van der Waals surface area contributed by atoms with Gasteiger partial charge < -0.3 is 4.74 Å². The van der Waals surface area contributed by atoms with E-state index in [1.54, 1.807) is 0 Å². The quantitative estimate of drug-likeness (QED) is 0.0388. The Morgan fingerprint density at radius 1 is 0.234 bits per heavy atom. The Balaban J connectivity index is 1.78. The average molecular weight is 1670 g/mol. The van der Waals surface area contributed by atoms with E-state index in [1.165, 1.54) is 0 Å². The van der Waals surface area contributed by atoms with Crippen LogP contribution >= 0.6 is 7.92 Å². The van der Waals surface area contributed by atoms with Gasteiger partial charge in [-0.05, 0) is 63.6 Å². The summed E-state index contributed by atoms with van der Waals surface area (Å²) in [5.74, 6) is -178. The number of hydrogen-bond donors (Lipinski definition) is 0. The number of ether oxygens (including phenoxy) is 1. The van der Waals surface area contributed by atoms with Crippen LogP contribution in [0.3, 0.4) is 0 Å². The first-order valence-corrected chi connectivity index (χ1v) is 28.0. The lowest BCUT2D eigenvalue weighted by Crippen LogP contribution is -2.74. The second-order valence-electron chi connectivity index (χ2n) is 22.2. The molecule has 0 atom stereocenters. The van der Waals surface area contributed by atoms with Crippen LogP contribution in [0.15, 0.2) is 121 Å². The molecule has 0 fully saturated rings. The Labute approximate surface area is 557 Å². The number of benzene rings is 6. The summed E-state index contributed by atoms with van der Waals surface area (Å²) in [5, 5.41) is -8.73. The molecule has 0 aliphatic heterocycles. The van der Waals surface area contributed by atoms with Crippen molar-refractivity contribution < 1.29 is 220 Å². The van der Waals surface area contributed by atoms with Crippen LogP contribution in [-0.2, 0) is 11.8 Å². The molecular formula is C56H22F49OP. The van der Waals surface area contributed by atoms with Crippen LogP contribution in [0.1, 0.15) is 11.1 Å². The van der Waals surface area contributed by atoms with Gasteiger partial charge in [-0.25, -0.2) is 0 Å². The van der Waals surface area contributed by atoms with E-state index in [9.17, 15) is 145 Å². The van der Waals surface area contributed by atoms with Crippen LogP contribution in [-0.4, -0.2) is 132 Å². The first kappa shape index (κ1) is 88.5. The van der Waals surface area contributed by atoms with Crippen molar-refractivity contribution in [2.75, 3.05) is 6.61 Å². The van der Waals surface area contributed by atoms with Gasteiger partial charge in [0.2, 0.25) is 0 Å². The molecule has 0 spiro atoms. The molecule has 0 unspecified atom stereocenters. The van der Waals surface area contributed by atoms with Crippen LogP contribution in [0.25, 0.3) is 32.7 Å². The van der Waals surface area contributed by atoms with Crippen LogP contribution in [0.2, 0.25) is 0 Å². The van der Waals surface area contributed by atoms with Gasteiger partial charge in [-0.15, -0.1) is 0 Å². The van der Waals surface area contributed by atoms with Gasteiger partial charge in [0.05, 0.1) is 0 Å². The van der Waals surface area contributed by atoms with Gasteiger partial charge in [-0.3, -0.25) is 0 Å². The largest absolute Gasteiger partial charge is 0.486 e. The molecule has 51 heteroatoms. The first-order valence-electron chi connectivity index (χ1n) is 26.6. The highest BCUT2D eigenvalue weighted by molar-refractivity contribution is 7.80. The fraction of sp³-hybridized carbons (Fsp3) is 0.429. The minimum Gasteiger partial charge on any atom is -0.486 e. The van der Waals surface area contributed by atoms with Gasteiger partial charge in [0.15, 0.2) is 6.61 Å². The normalized spacial score (nSPS) is 15.6. The molecule has 0 aromatic heterocycles. The topological polar surface area (TPSA) is 9.23 Å². The zero-order chi connectivity index (χ0) is 83.6. The zero-order valence-electron chi connectivity index (χ0n) is 49.1. The molecule has 6 rings (SSSR count). The van der Waals surface area contributed by atoms with Crippen molar-refractivity contribution in [3.63, 3.8) is 0 Å². The molecule has 0 bridgehead atoms. The average Bonchev–Trinajstić information content (AvgIpc) is 0.699. The molecule has 0 saturated heterocycles. The summed E-state index contributed by atoms with van der Waals surface area (Å²) in [6, 6.07) is 4.35. The van der Waals surface area contributed by atoms with Crippen molar-refractivity contribution in [2.24, 2.45) is 0 Å². The molecule has 107 heavy (non-hydrogen) atoms. The zero-order valence-corrected chi connectivity index (χ0v) is 50.0. The molecule has 600 valence electrons. The number of fused-ring (bicyclic) bond motifs is 2. The van der Waals surface area contributed by atoms with Crippen molar-refractivity contribution in [2.45, 2.75) is 137 Å².